The zero-order valence-electron chi connectivity index (χ0n) is 11.8. The van der Waals surface area contributed by atoms with Crippen LogP contribution in [-0.4, -0.2) is 12.9 Å². The molecule has 0 atom stereocenters. The van der Waals surface area contributed by atoms with Gasteiger partial charge in [-0.3, -0.25) is 4.79 Å². The summed E-state index contributed by atoms with van der Waals surface area (Å²) in [6.45, 7) is 0. The van der Waals surface area contributed by atoms with Crippen molar-refractivity contribution in [2.45, 2.75) is 0 Å². The Bertz CT molecular complexity index is 872. The summed E-state index contributed by atoms with van der Waals surface area (Å²) in [4.78, 5) is 12.4. The summed E-state index contributed by atoms with van der Waals surface area (Å²) in [7, 11) is 1.58. The Morgan fingerprint density at radius 3 is 2.36 bits per heavy atom. The molecule has 110 valence electrons. The number of hydrogen-bond acceptors (Lipinski definition) is 2. The number of halogens is 2. The molecule has 0 saturated heterocycles. The fourth-order valence-electron chi connectivity index (χ4n) is 2.32. The second kappa shape index (κ2) is 5.56. The van der Waals surface area contributed by atoms with Gasteiger partial charge in [-0.1, -0.05) is 18.2 Å². The molecular formula is C18H12F2O2. The minimum absolute atomic E-state index is 0.144. The normalized spacial score (nSPS) is 10.7. The number of methoxy groups -OCH3 is 1. The van der Waals surface area contributed by atoms with Crippen molar-refractivity contribution >= 4 is 16.6 Å². The zero-order valence-corrected chi connectivity index (χ0v) is 11.8. The van der Waals surface area contributed by atoms with Crippen LogP contribution < -0.4 is 4.74 Å². The zero-order chi connectivity index (χ0) is 15.7. The first kappa shape index (κ1) is 14.2. The third kappa shape index (κ3) is 2.55. The summed E-state index contributed by atoms with van der Waals surface area (Å²) in [6, 6.07) is 13.5. The average Bonchev–Trinajstić information content (AvgIpc) is 2.53. The lowest BCUT2D eigenvalue weighted by molar-refractivity contribution is 0.103. The van der Waals surface area contributed by atoms with Crippen LogP contribution in [0.1, 0.15) is 15.9 Å². The molecule has 0 heterocycles. The summed E-state index contributed by atoms with van der Waals surface area (Å²) in [6.07, 6.45) is 0. The smallest absolute Gasteiger partial charge is 0.195 e. The number of rotatable bonds is 3. The van der Waals surface area contributed by atoms with Gasteiger partial charge in [0.2, 0.25) is 0 Å². The topological polar surface area (TPSA) is 26.3 Å². The maximum Gasteiger partial charge on any atom is 0.195 e. The highest BCUT2D eigenvalue weighted by atomic mass is 19.1. The van der Waals surface area contributed by atoms with Crippen molar-refractivity contribution in [3.05, 3.63) is 77.4 Å². The predicted octanol–water partition coefficient (Wildman–Crippen LogP) is 4.36. The summed E-state index contributed by atoms with van der Waals surface area (Å²) in [5, 5.41) is 1.75. The SMILES string of the molecule is COc1ccc2cc(C(=O)c3ccc(F)cc3F)ccc2c1. The van der Waals surface area contributed by atoms with E-state index in [0.717, 1.165) is 28.7 Å². The molecule has 3 rings (SSSR count). The second-order valence-corrected chi connectivity index (χ2v) is 4.88. The Hall–Kier alpha value is -2.75. The van der Waals surface area contributed by atoms with Gasteiger partial charge < -0.3 is 4.74 Å². The van der Waals surface area contributed by atoms with Crippen molar-refractivity contribution in [3.63, 3.8) is 0 Å². The maximum atomic E-state index is 13.7. The molecule has 0 aromatic heterocycles. The molecule has 0 aliphatic carbocycles. The van der Waals surface area contributed by atoms with Crippen LogP contribution in [0.3, 0.4) is 0 Å². The van der Waals surface area contributed by atoms with Gasteiger partial charge in [-0.15, -0.1) is 0 Å². The highest BCUT2D eigenvalue weighted by molar-refractivity contribution is 6.10. The Morgan fingerprint density at radius 2 is 1.64 bits per heavy atom. The van der Waals surface area contributed by atoms with Crippen LogP contribution in [0, 0.1) is 11.6 Å². The van der Waals surface area contributed by atoms with Crippen molar-refractivity contribution in [2.75, 3.05) is 7.11 Å². The molecule has 0 aliphatic heterocycles. The first-order valence-corrected chi connectivity index (χ1v) is 6.66. The highest BCUT2D eigenvalue weighted by Crippen LogP contribution is 2.23. The molecule has 0 unspecified atom stereocenters. The molecule has 0 N–H and O–H groups in total. The number of ether oxygens (including phenoxy) is 1. The number of fused-ring (bicyclic) bond motifs is 1. The maximum absolute atomic E-state index is 13.7. The second-order valence-electron chi connectivity index (χ2n) is 4.88. The summed E-state index contributed by atoms with van der Waals surface area (Å²) >= 11 is 0. The minimum atomic E-state index is -0.861. The molecule has 4 heteroatoms. The highest BCUT2D eigenvalue weighted by Gasteiger charge is 2.15. The molecule has 3 aromatic rings. The largest absolute Gasteiger partial charge is 0.497 e. The van der Waals surface area contributed by atoms with Crippen LogP contribution >= 0.6 is 0 Å². The van der Waals surface area contributed by atoms with E-state index in [0.29, 0.717) is 11.6 Å². The average molecular weight is 298 g/mol. The number of hydrogen-bond donors (Lipinski definition) is 0. The van der Waals surface area contributed by atoms with Crippen molar-refractivity contribution < 1.29 is 18.3 Å². The fourth-order valence-corrected chi connectivity index (χ4v) is 2.32. The molecule has 0 radical (unpaired) electrons. The van der Waals surface area contributed by atoms with E-state index in [-0.39, 0.29) is 5.56 Å². The third-order valence-electron chi connectivity index (χ3n) is 3.49. The third-order valence-corrected chi connectivity index (χ3v) is 3.49. The lowest BCUT2D eigenvalue weighted by Crippen LogP contribution is -2.04. The Morgan fingerprint density at radius 1 is 0.909 bits per heavy atom. The van der Waals surface area contributed by atoms with Crippen LogP contribution in [0.4, 0.5) is 8.78 Å². The molecule has 0 fully saturated rings. The van der Waals surface area contributed by atoms with Gasteiger partial charge in [0, 0.05) is 11.6 Å². The first-order chi connectivity index (χ1) is 10.6. The number of ketones is 1. The van der Waals surface area contributed by atoms with Crippen LogP contribution in [0.2, 0.25) is 0 Å². The monoisotopic (exact) mass is 298 g/mol. The van der Waals surface area contributed by atoms with Crippen LogP contribution in [0.15, 0.2) is 54.6 Å². The Kier molecular flexibility index (Phi) is 3.59. The molecule has 22 heavy (non-hydrogen) atoms. The van der Waals surface area contributed by atoms with E-state index in [1.165, 1.54) is 0 Å². The van der Waals surface area contributed by atoms with Crippen LogP contribution in [-0.2, 0) is 0 Å². The van der Waals surface area contributed by atoms with Gasteiger partial charge in [0.15, 0.2) is 5.78 Å². The molecule has 0 bridgehead atoms. The van der Waals surface area contributed by atoms with E-state index in [1.54, 1.807) is 31.4 Å². The molecule has 0 saturated carbocycles. The van der Waals surface area contributed by atoms with Crippen molar-refractivity contribution in [3.8, 4) is 5.75 Å². The summed E-state index contributed by atoms with van der Waals surface area (Å²) < 4.78 is 31.8. The van der Waals surface area contributed by atoms with Crippen molar-refractivity contribution in [1.82, 2.24) is 0 Å². The molecule has 0 spiro atoms. The number of carbonyl (C=O) groups excluding carboxylic acids is 1. The van der Waals surface area contributed by atoms with E-state index >= 15 is 0 Å². The molecular weight excluding hydrogens is 286 g/mol. The lowest BCUT2D eigenvalue weighted by atomic mass is 9.99. The Labute approximate surface area is 126 Å². The van der Waals surface area contributed by atoms with Gasteiger partial charge in [0.1, 0.15) is 17.4 Å². The predicted molar refractivity (Wildman–Crippen MR) is 80.3 cm³/mol. The van der Waals surface area contributed by atoms with Gasteiger partial charge >= 0.3 is 0 Å². The first-order valence-electron chi connectivity index (χ1n) is 6.66. The molecule has 2 nitrogen and oxygen atoms in total. The van der Waals surface area contributed by atoms with Crippen molar-refractivity contribution in [1.29, 1.82) is 0 Å². The lowest BCUT2D eigenvalue weighted by Gasteiger charge is -2.06. The minimum Gasteiger partial charge on any atom is -0.497 e. The van der Waals surface area contributed by atoms with Gasteiger partial charge in [-0.25, -0.2) is 8.78 Å². The van der Waals surface area contributed by atoms with Crippen molar-refractivity contribution in [2.24, 2.45) is 0 Å². The number of benzene rings is 3. The molecule has 0 aliphatic rings. The van der Waals surface area contributed by atoms with E-state index in [2.05, 4.69) is 0 Å². The fraction of sp³-hybridized carbons (Fsp3) is 0.0556. The van der Waals surface area contributed by atoms with Gasteiger partial charge in [-0.05, 0) is 41.1 Å². The van der Waals surface area contributed by atoms with E-state index in [9.17, 15) is 13.6 Å². The summed E-state index contributed by atoms with van der Waals surface area (Å²) in [5.74, 6) is -1.33. The summed E-state index contributed by atoms with van der Waals surface area (Å²) in [5.41, 5.74) is 0.206. The Balaban J connectivity index is 2.04. The quantitative estimate of drug-likeness (QED) is 0.672. The van der Waals surface area contributed by atoms with Gasteiger partial charge in [0.05, 0.1) is 12.7 Å². The number of carbonyl (C=O) groups is 1. The van der Waals surface area contributed by atoms with Crippen LogP contribution in [0.25, 0.3) is 10.8 Å². The molecule has 3 aromatic carbocycles. The standard InChI is InChI=1S/C18H12F2O2/c1-22-15-6-4-11-8-13(3-2-12(11)9-15)18(21)16-7-5-14(19)10-17(16)20/h2-10H,1H3. The van der Waals surface area contributed by atoms with E-state index in [4.69, 9.17) is 4.74 Å². The molecule has 0 amide bonds. The van der Waals surface area contributed by atoms with E-state index in [1.807, 2.05) is 12.1 Å². The van der Waals surface area contributed by atoms with Crippen LogP contribution in [0.5, 0.6) is 5.75 Å². The van der Waals surface area contributed by atoms with E-state index < -0.39 is 17.4 Å². The van der Waals surface area contributed by atoms with Gasteiger partial charge in [0.25, 0.3) is 0 Å². The van der Waals surface area contributed by atoms with Gasteiger partial charge in [-0.2, -0.15) is 0 Å².